The predicted octanol–water partition coefficient (Wildman–Crippen LogP) is 2.16. The van der Waals surface area contributed by atoms with E-state index in [1.807, 2.05) is 55.9 Å². The second-order valence-corrected chi connectivity index (χ2v) is 7.73. The van der Waals surface area contributed by atoms with Gasteiger partial charge in [0, 0.05) is 39.1 Å². The summed E-state index contributed by atoms with van der Waals surface area (Å²) in [5.74, 6) is 0.698. The highest BCUT2D eigenvalue weighted by atomic mass is 16.6. The maximum Gasteiger partial charge on any atom is 0.410 e. The van der Waals surface area contributed by atoms with Crippen LogP contribution in [0.4, 0.5) is 4.79 Å². The van der Waals surface area contributed by atoms with Crippen molar-refractivity contribution in [1.29, 1.82) is 0 Å². The van der Waals surface area contributed by atoms with Gasteiger partial charge in [0.1, 0.15) is 5.60 Å². The van der Waals surface area contributed by atoms with Gasteiger partial charge in [0.15, 0.2) is 5.96 Å². The third kappa shape index (κ3) is 5.03. The fourth-order valence-corrected chi connectivity index (χ4v) is 2.91. The summed E-state index contributed by atoms with van der Waals surface area (Å²) in [4.78, 5) is 18.0. The molecule has 3 rings (SSSR count). The molecule has 0 saturated carbocycles. The Morgan fingerprint density at radius 2 is 2.04 bits per heavy atom. The maximum atomic E-state index is 12.0. The van der Waals surface area contributed by atoms with E-state index >= 15 is 0 Å². The molecule has 1 amide bonds. The lowest BCUT2D eigenvalue weighted by molar-refractivity contribution is 0.00701. The molecule has 0 radical (unpaired) electrons. The number of benzene rings is 1. The van der Waals surface area contributed by atoms with Crippen LogP contribution in [0.2, 0.25) is 0 Å². The zero-order valence-corrected chi connectivity index (χ0v) is 16.8. The van der Waals surface area contributed by atoms with Crippen LogP contribution in [0.3, 0.4) is 0 Å². The average Bonchev–Trinajstić information content (AvgIpc) is 3.13. The molecule has 8 heteroatoms. The number of aromatic nitrogens is 2. The molecular weight excluding hydrogens is 356 g/mol. The number of likely N-dealkylation sites (tertiary alicyclic amines) is 1. The van der Waals surface area contributed by atoms with Crippen LogP contribution in [-0.2, 0) is 11.3 Å². The van der Waals surface area contributed by atoms with E-state index in [1.165, 1.54) is 0 Å². The number of aliphatic imine (C=N–C) groups is 1. The molecule has 1 aromatic carbocycles. The molecule has 2 aromatic rings. The minimum absolute atomic E-state index is 0.153. The Balaban J connectivity index is 1.50. The van der Waals surface area contributed by atoms with Crippen LogP contribution in [0.5, 0.6) is 0 Å². The quantitative estimate of drug-likeness (QED) is 0.623. The highest BCUT2D eigenvalue weighted by Gasteiger charge is 2.34. The van der Waals surface area contributed by atoms with Crippen molar-refractivity contribution in [2.45, 2.75) is 39.0 Å². The Hall–Kier alpha value is -3.03. The molecule has 1 aromatic heterocycles. The number of hydrogen-bond acceptors (Lipinski definition) is 4. The Morgan fingerprint density at radius 3 is 2.68 bits per heavy atom. The van der Waals surface area contributed by atoms with E-state index in [2.05, 4.69) is 26.8 Å². The van der Waals surface area contributed by atoms with E-state index in [0.717, 1.165) is 11.3 Å². The van der Waals surface area contributed by atoms with Crippen molar-refractivity contribution in [1.82, 2.24) is 25.3 Å². The fraction of sp³-hybridized carbons (Fsp3) is 0.450. The number of amides is 1. The molecular formula is C20H28N6O2. The van der Waals surface area contributed by atoms with Gasteiger partial charge in [-0.1, -0.05) is 18.2 Å². The van der Waals surface area contributed by atoms with Crippen molar-refractivity contribution >= 4 is 12.1 Å². The first kappa shape index (κ1) is 19.7. The van der Waals surface area contributed by atoms with E-state index in [0.29, 0.717) is 25.6 Å². The number of carbonyl (C=O) groups excluding carboxylic acids is 1. The van der Waals surface area contributed by atoms with Gasteiger partial charge in [-0.05, 0) is 38.5 Å². The number of ether oxygens (including phenoxy) is 1. The molecule has 0 atom stereocenters. The van der Waals surface area contributed by atoms with Crippen LogP contribution < -0.4 is 10.6 Å². The Bertz CT molecular complexity index is 819. The van der Waals surface area contributed by atoms with Crippen LogP contribution in [0.25, 0.3) is 5.69 Å². The molecule has 0 spiro atoms. The first-order valence-electron chi connectivity index (χ1n) is 9.39. The van der Waals surface area contributed by atoms with Crippen LogP contribution in [0, 0.1) is 0 Å². The molecule has 2 N–H and O–H groups in total. The van der Waals surface area contributed by atoms with Gasteiger partial charge in [-0.25, -0.2) is 9.48 Å². The second kappa shape index (κ2) is 8.33. The summed E-state index contributed by atoms with van der Waals surface area (Å²) in [6.07, 6.45) is 3.41. The normalized spacial score (nSPS) is 15.1. The number of hydrogen-bond donors (Lipinski definition) is 2. The van der Waals surface area contributed by atoms with Crippen LogP contribution in [0.15, 0.2) is 47.7 Å². The number of nitrogens with zero attached hydrogens (tertiary/aromatic N) is 4. The van der Waals surface area contributed by atoms with Gasteiger partial charge >= 0.3 is 6.09 Å². The lowest BCUT2D eigenvalue weighted by atomic mass is 10.1. The molecule has 28 heavy (non-hydrogen) atoms. The van der Waals surface area contributed by atoms with Crippen molar-refractivity contribution in [3.8, 4) is 5.69 Å². The standard InChI is InChI=1S/C20H28N6O2/c1-20(2,3)28-19(27)25-13-16(14-25)24-18(21-4)22-12-15-8-5-6-9-17(15)26-11-7-10-23-26/h5-11,16H,12-14H2,1-4H3,(H2,21,22,24). The Kier molecular flexibility index (Phi) is 5.87. The topological polar surface area (TPSA) is 83.8 Å². The molecule has 0 aliphatic carbocycles. The summed E-state index contributed by atoms with van der Waals surface area (Å²) < 4.78 is 7.23. The van der Waals surface area contributed by atoms with Crippen molar-refractivity contribution in [2.75, 3.05) is 20.1 Å². The first-order chi connectivity index (χ1) is 13.4. The SMILES string of the molecule is CN=C(NCc1ccccc1-n1cccn1)NC1CN(C(=O)OC(C)(C)C)C1. The summed E-state index contributed by atoms with van der Waals surface area (Å²) in [5.41, 5.74) is 1.66. The number of carbonyl (C=O) groups is 1. The van der Waals surface area contributed by atoms with Gasteiger partial charge in [-0.2, -0.15) is 5.10 Å². The van der Waals surface area contributed by atoms with Crippen molar-refractivity contribution in [2.24, 2.45) is 4.99 Å². The summed E-state index contributed by atoms with van der Waals surface area (Å²) in [6.45, 7) is 7.41. The van der Waals surface area contributed by atoms with Crippen LogP contribution in [0.1, 0.15) is 26.3 Å². The number of para-hydroxylation sites is 1. The third-order valence-electron chi connectivity index (χ3n) is 4.29. The minimum Gasteiger partial charge on any atom is -0.444 e. The second-order valence-electron chi connectivity index (χ2n) is 7.73. The Morgan fingerprint density at radius 1 is 1.29 bits per heavy atom. The first-order valence-corrected chi connectivity index (χ1v) is 9.39. The summed E-state index contributed by atoms with van der Waals surface area (Å²) >= 11 is 0. The fourth-order valence-electron chi connectivity index (χ4n) is 2.91. The smallest absolute Gasteiger partial charge is 0.410 e. The molecule has 150 valence electrons. The minimum atomic E-state index is -0.477. The van der Waals surface area contributed by atoms with E-state index in [4.69, 9.17) is 4.74 Å². The number of nitrogens with one attached hydrogen (secondary N) is 2. The molecule has 8 nitrogen and oxygen atoms in total. The molecule has 0 bridgehead atoms. The van der Waals surface area contributed by atoms with Crippen molar-refractivity contribution in [3.63, 3.8) is 0 Å². The lowest BCUT2D eigenvalue weighted by Gasteiger charge is -2.40. The zero-order valence-electron chi connectivity index (χ0n) is 16.8. The lowest BCUT2D eigenvalue weighted by Crippen LogP contribution is -2.63. The van der Waals surface area contributed by atoms with E-state index < -0.39 is 5.60 Å². The third-order valence-corrected chi connectivity index (χ3v) is 4.29. The average molecular weight is 384 g/mol. The van der Waals surface area contributed by atoms with E-state index in [-0.39, 0.29) is 12.1 Å². The van der Waals surface area contributed by atoms with Crippen LogP contribution in [-0.4, -0.2) is 58.5 Å². The number of guanidine groups is 1. The van der Waals surface area contributed by atoms with E-state index in [9.17, 15) is 4.79 Å². The van der Waals surface area contributed by atoms with Gasteiger partial charge in [-0.15, -0.1) is 0 Å². The predicted molar refractivity (Wildman–Crippen MR) is 108 cm³/mol. The van der Waals surface area contributed by atoms with Crippen LogP contribution >= 0.6 is 0 Å². The molecule has 1 aliphatic heterocycles. The van der Waals surface area contributed by atoms with Gasteiger partial charge in [0.05, 0.1) is 11.7 Å². The van der Waals surface area contributed by atoms with Crippen molar-refractivity contribution < 1.29 is 9.53 Å². The zero-order chi connectivity index (χ0) is 20.1. The maximum absolute atomic E-state index is 12.0. The summed E-state index contributed by atoms with van der Waals surface area (Å²) in [5, 5.41) is 11.0. The van der Waals surface area contributed by atoms with E-state index in [1.54, 1.807) is 18.1 Å². The van der Waals surface area contributed by atoms with Gasteiger partial charge < -0.3 is 20.3 Å². The summed E-state index contributed by atoms with van der Waals surface area (Å²) in [6, 6.07) is 10.1. The molecule has 2 heterocycles. The van der Waals surface area contributed by atoms with Gasteiger partial charge in [0.2, 0.25) is 0 Å². The monoisotopic (exact) mass is 384 g/mol. The molecule has 1 aliphatic rings. The van der Waals surface area contributed by atoms with Gasteiger partial charge in [-0.3, -0.25) is 4.99 Å². The molecule has 1 fully saturated rings. The largest absolute Gasteiger partial charge is 0.444 e. The molecule has 0 unspecified atom stereocenters. The number of rotatable bonds is 4. The molecule has 1 saturated heterocycles. The van der Waals surface area contributed by atoms with Crippen molar-refractivity contribution in [3.05, 3.63) is 48.3 Å². The summed E-state index contributed by atoms with van der Waals surface area (Å²) in [7, 11) is 1.74. The van der Waals surface area contributed by atoms with Gasteiger partial charge in [0.25, 0.3) is 0 Å². The highest BCUT2D eigenvalue weighted by molar-refractivity contribution is 5.80. The highest BCUT2D eigenvalue weighted by Crippen LogP contribution is 2.16. The Labute approximate surface area is 165 Å².